The number of carbonyl (C=O) groups is 2. The lowest BCUT2D eigenvalue weighted by Crippen LogP contribution is -2.28. The predicted octanol–water partition coefficient (Wildman–Crippen LogP) is 4.18. The number of halogens is 4. The van der Waals surface area contributed by atoms with Gasteiger partial charge in [-0.3, -0.25) is 9.59 Å². The van der Waals surface area contributed by atoms with Gasteiger partial charge in [-0.25, -0.2) is 13.2 Å². The van der Waals surface area contributed by atoms with Crippen molar-refractivity contribution >= 4 is 11.9 Å². The fraction of sp³-hybridized carbons (Fsp3) is 0.556. The number of esters is 1. The Morgan fingerprint density at radius 2 is 1.58 bits per heavy atom. The van der Waals surface area contributed by atoms with Crippen LogP contribution in [0.1, 0.15) is 52.0 Å². The van der Waals surface area contributed by atoms with Crippen molar-refractivity contribution in [2.45, 2.75) is 53.4 Å². The van der Waals surface area contributed by atoms with Crippen LogP contribution in [0.4, 0.5) is 17.6 Å². The molecule has 0 unspecified atom stereocenters. The quantitative estimate of drug-likeness (QED) is 0.148. The van der Waals surface area contributed by atoms with Gasteiger partial charge in [-0.15, -0.1) is 0 Å². The summed E-state index contributed by atoms with van der Waals surface area (Å²) in [6, 6.07) is 0. The van der Waals surface area contributed by atoms with Gasteiger partial charge in [0.2, 0.25) is 17.5 Å². The van der Waals surface area contributed by atoms with Crippen molar-refractivity contribution in [1.82, 2.24) is 5.32 Å². The third kappa shape index (κ3) is 6.31. The lowest BCUT2D eigenvalue weighted by Gasteiger charge is -2.17. The highest BCUT2D eigenvalue weighted by Crippen LogP contribution is 2.29. The maximum atomic E-state index is 13.8. The molecule has 0 saturated carbocycles. The van der Waals surface area contributed by atoms with Crippen LogP contribution < -0.4 is 10.1 Å². The molecular weight excluding hydrogens is 354 g/mol. The summed E-state index contributed by atoms with van der Waals surface area (Å²) in [5, 5.41) is 2.49. The van der Waals surface area contributed by atoms with E-state index in [-0.39, 0.29) is 5.41 Å². The van der Waals surface area contributed by atoms with Crippen molar-refractivity contribution in [2.24, 2.45) is 5.41 Å². The summed E-state index contributed by atoms with van der Waals surface area (Å²) in [5.41, 5.74) is -0.639. The van der Waals surface area contributed by atoms with Crippen molar-refractivity contribution < 1.29 is 31.9 Å². The number of ether oxygens (including phenoxy) is 1. The number of amides is 1. The summed E-state index contributed by atoms with van der Waals surface area (Å²) < 4.78 is 58.2. The maximum Gasteiger partial charge on any atom is 0.320 e. The Balaban J connectivity index is 2.54. The van der Waals surface area contributed by atoms with Crippen LogP contribution >= 0.6 is 0 Å². The standard InChI is InChI=1S/C18H23F4NO3/c1-10-13(19)15(21)16(22)17(14(10)20)26-12(25)9-11(24)23-8-6-5-7-18(2,3)4/h5-9H2,1-4H3,(H,23,24). The number of unbranched alkanes of at least 4 members (excludes halogenated alkanes) is 1. The molecule has 146 valence electrons. The van der Waals surface area contributed by atoms with Crippen molar-refractivity contribution in [3.63, 3.8) is 0 Å². The molecule has 0 radical (unpaired) electrons. The molecule has 1 aromatic carbocycles. The van der Waals surface area contributed by atoms with E-state index in [1.54, 1.807) is 0 Å². The molecule has 1 aromatic rings. The average molecular weight is 377 g/mol. The number of benzene rings is 1. The first-order chi connectivity index (χ1) is 11.9. The second kappa shape index (κ2) is 9.00. The van der Waals surface area contributed by atoms with Gasteiger partial charge in [-0.1, -0.05) is 27.2 Å². The zero-order valence-electron chi connectivity index (χ0n) is 15.3. The van der Waals surface area contributed by atoms with E-state index < -0.39 is 52.9 Å². The minimum absolute atomic E-state index is 0.185. The zero-order chi connectivity index (χ0) is 20.1. The third-order valence-corrected chi connectivity index (χ3v) is 3.64. The molecule has 0 saturated heterocycles. The monoisotopic (exact) mass is 377 g/mol. The first-order valence-electron chi connectivity index (χ1n) is 8.24. The molecule has 26 heavy (non-hydrogen) atoms. The fourth-order valence-corrected chi connectivity index (χ4v) is 2.16. The molecule has 0 spiro atoms. The smallest absolute Gasteiger partial charge is 0.320 e. The van der Waals surface area contributed by atoms with Crippen molar-refractivity contribution in [3.05, 3.63) is 28.8 Å². The Bertz CT molecular complexity index is 655. The number of hydrogen-bond donors (Lipinski definition) is 1. The molecule has 0 aliphatic carbocycles. The molecule has 8 heteroatoms. The lowest BCUT2D eigenvalue weighted by atomic mass is 9.90. The van der Waals surface area contributed by atoms with Gasteiger partial charge in [0.1, 0.15) is 6.42 Å². The summed E-state index contributed by atoms with van der Waals surface area (Å²) in [6.45, 7) is 7.50. The van der Waals surface area contributed by atoms with Crippen LogP contribution in [0.5, 0.6) is 5.75 Å². The van der Waals surface area contributed by atoms with E-state index in [4.69, 9.17) is 0 Å². The van der Waals surface area contributed by atoms with E-state index in [0.717, 1.165) is 19.8 Å². The highest BCUT2D eigenvalue weighted by atomic mass is 19.2. The molecule has 0 aliphatic rings. The normalized spacial score (nSPS) is 11.4. The van der Waals surface area contributed by atoms with E-state index in [1.165, 1.54) is 0 Å². The van der Waals surface area contributed by atoms with Gasteiger partial charge in [0.25, 0.3) is 0 Å². The first-order valence-corrected chi connectivity index (χ1v) is 8.24. The van der Waals surface area contributed by atoms with Crippen LogP contribution in [-0.4, -0.2) is 18.4 Å². The number of rotatable bonds is 7. The Morgan fingerprint density at radius 3 is 2.15 bits per heavy atom. The molecule has 0 aliphatic heterocycles. The Kier molecular flexibility index (Phi) is 7.59. The Hall–Kier alpha value is -2.12. The molecule has 0 fully saturated rings. The second-order valence-corrected chi connectivity index (χ2v) is 7.23. The van der Waals surface area contributed by atoms with Gasteiger partial charge in [-0.2, -0.15) is 4.39 Å². The maximum absolute atomic E-state index is 13.8. The molecule has 1 rings (SSSR count). The van der Waals surface area contributed by atoms with E-state index in [2.05, 4.69) is 30.8 Å². The van der Waals surface area contributed by atoms with Crippen molar-refractivity contribution in [1.29, 1.82) is 0 Å². The molecule has 0 atom stereocenters. The van der Waals surface area contributed by atoms with Crippen LogP contribution in [0, 0.1) is 35.6 Å². The molecule has 0 aromatic heterocycles. The van der Waals surface area contributed by atoms with Gasteiger partial charge in [0.15, 0.2) is 17.5 Å². The highest BCUT2D eigenvalue weighted by molar-refractivity contribution is 5.95. The van der Waals surface area contributed by atoms with Crippen molar-refractivity contribution in [3.8, 4) is 5.75 Å². The van der Waals surface area contributed by atoms with Crippen LogP contribution in [0.25, 0.3) is 0 Å². The van der Waals surface area contributed by atoms with Crippen LogP contribution in [-0.2, 0) is 9.59 Å². The fourth-order valence-electron chi connectivity index (χ4n) is 2.16. The predicted molar refractivity (Wildman–Crippen MR) is 87.6 cm³/mol. The largest absolute Gasteiger partial charge is 0.420 e. The third-order valence-electron chi connectivity index (χ3n) is 3.64. The first kappa shape index (κ1) is 21.9. The van der Waals surface area contributed by atoms with Crippen LogP contribution in [0.15, 0.2) is 0 Å². The topological polar surface area (TPSA) is 55.4 Å². The molecular formula is C18H23F4NO3. The van der Waals surface area contributed by atoms with Gasteiger partial charge in [0, 0.05) is 12.1 Å². The molecule has 0 heterocycles. The lowest BCUT2D eigenvalue weighted by molar-refractivity contribution is -0.138. The van der Waals surface area contributed by atoms with Crippen LogP contribution in [0.2, 0.25) is 0 Å². The van der Waals surface area contributed by atoms with E-state index >= 15 is 0 Å². The Labute approximate surface area is 149 Å². The summed E-state index contributed by atoms with van der Waals surface area (Å²) in [4.78, 5) is 23.3. The minimum Gasteiger partial charge on any atom is -0.420 e. The molecule has 0 bridgehead atoms. The molecule has 1 N–H and O–H groups in total. The SMILES string of the molecule is Cc1c(F)c(F)c(F)c(OC(=O)CC(=O)NCCCCC(C)(C)C)c1F. The summed E-state index contributed by atoms with van der Waals surface area (Å²) in [5.74, 6) is -10.5. The number of hydrogen-bond acceptors (Lipinski definition) is 3. The average Bonchev–Trinajstić information content (AvgIpc) is 2.53. The van der Waals surface area contributed by atoms with E-state index in [9.17, 15) is 27.2 Å². The number of carbonyl (C=O) groups excluding carboxylic acids is 2. The summed E-state index contributed by atoms with van der Waals surface area (Å²) in [7, 11) is 0. The molecule has 4 nitrogen and oxygen atoms in total. The second-order valence-electron chi connectivity index (χ2n) is 7.23. The van der Waals surface area contributed by atoms with Crippen LogP contribution in [0.3, 0.4) is 0 Å². The van der Waals surface area contributed by atoms with Gasteiger partial charge >= 0.3 is 5.97 Å². The van der Waals surface area contributed by atoms with Gasteiger partial charge in [-0.05, 0) is 25.2 Å². The Morgan fingerprint density at radius 1 is 0.962 bits per heavy atom. The van der Waals surface area contributed by atoms with Gasteiger partial charge < -0.3 is 10.1 Å². The number of nitrogens with one attached hydrogen (secondary N) is 1. The zero-order valence-corrected chi connectivity index (χ0v) is 15.3. The highest BCUT2D eigenvalue weighted by Gasteiger charge is 2.26. The minimum atomic E-state index is -1.96. The van der Waals surface area contributed by atoms with Crippen molar-refractivity contribution in [2.75, 3.05) is 6.54 Å². The van der Waals surface area contributed by atoms with E-state index in [1.807, 2.05) is 0 Å². The molecule has 1 amide bonds. The summed E-state index contributed by atoms with van der Waals surface area (Å²) in [6.07, 6.45) is 1.78. The summed E-state index contributed by atoms with van der Waals surface area (Å²) >= 11 is 0. The van der Waals surface area contributed by atoms with E-state index in [0.29, 0.717) is 13.0 Å². The van der Waals surface area contributed by atoms with Gasteiger partial charge in [0.05, 0.1) is 0 Å².